The van der Waals surface area contributed by atoms with E-state index in [1.165, 1.54) is 59.9 Å². The van der Waals surface area contributed by atoms with Crippen molar-refractivity contribution in [2.45, 2.75) is 51.4 Å². The van der Waals surface area contributed by atoms with Crippen LogP contribution >= 0.6 is 0 Å². The predicted octanol–water partition coefficient (Wildman–Crippen LogP) is 5.61. The molecule has 0 atom stereocenters. The summed E-state index contributed by atoms with van der Waals surface area (Å²) in [5, 5.41) is 0. The van der Waals surface area contributed by atoms with E-state index in [0.29, 0.717) is 0 Å². The van der Waals surface area contributed by atoms with E-state index in [0.717, 1.165) is 12.3 Å². The molecule has 0 saturated heterocycles. The number of aryl methyl sites for hydroxylation is 1. The molecule has 20 heavy (non-hydrogen) atoms. The molecule has 0 bridgehead atoms. The maximum atomic E-state index is 2.50. The fraction of sp³-hybridized carbons (Fsp3) is 0.400. The Kier molecular flexibility index (Phi) is 2.91. The number of hydrogen-bond acceptors (Lipinski definition) is 0. The molecular weight excluding hydrogens is 240 g/mol. The van der Waals surface area contributed by atoms with Crippen molar-refractivity contribution in [1.29, 1.82) is 0 Å². The highest BCUT2D eigenvalue weighted by atomic mass is 14.3. The molecule has 0 heteroatoms. The van der Waals surface area contributed by atoms with Crippen LogP contribution in [0.4, 0.5) is 0 Å². The van der Waals surface area contributed by atoms with Crippen LogP contribution in [0.2, 0.25) is 0 Å². The zero-order valence-corrected chi connectivity index (χ0v) is 12.3. The van der Waals surface area contributed by atoms with Gasteiger partial charge in [0.15, 0.2) is 0 Å². The maximum absolute atomic E-state index is 2.50. The summed E-state index contributed by atoms with van der Waals surface area (Å²) >= 11 is 0. The Bertz CT molecular complexity index is 645. The third-order valence-electron chi connectivity index (χ3n) is 5.22. The molecule has 1 fully saturated rings. The number of fused-ring (bicyclic) bond motifs is 3. The first kappa shape index (κ1) is 12.2. The van der Waals surface area contributed by atoms with Crippen LogP contribution in [-0.4, -0.2) is 0 Å². The summed E-state index contributed by atoms with van der Waals surface area (Å²) in [6, 6.07) is 14.0. The van der Waals surface area contributed by atoms with Gasteiger partial charge in [0.25, 0.3) is 0 Å². The van der Waals surface area contributed by atoms with E-state index in [2.05, 4.69) is 43.3 Å². The second-order valence-electron chi connectivity index (χ2n) is 6.54. The Morgan fingerprint density at radius 2 is 1.75 bits per heavy atom. The lowest BCUT2D eigenvalue weighted by molar-refractivity contribution is 0.443. The number of rotatable bonds is 1. The van der Waals surface area contributed by atoms with Gasteiger partial charge in [-0.05, 0) is 65.5 Å². The largest absolute Gasteiger partial charge is 0.0617 e. The van der Waals surface area contributed by atoms with Gasteiger partial charge in [-0.25, -0.2) is 0 Å². The van der Waals surface area contributed by atoms with Crippen molar-refractivity contribution in [3.8, 4) is 11.1 Å². The van der Waals surface area contributed by atoms with Gasteiger partial charge in [0.2, 0.25) is 0 Å². The van der Waals surface area contributed by atoms with Crippen molar-refractivity contribution in [2.75, 3.05) is 0 Å². The first-order chi connectivity index (χ1) is 9.83. The van der Waals surface area contributed by atoms with Crippen molar-refractivity contribution in [3.63, 3.8) is 0 Å². The lowest BCUT2D eigenvalue weighted by Gasteiger charge is -2.22. The lowest BCUT2D eigenvalue weighted by atomic mass is 9.83. The van der Waals surface area contributed by atoms with Crippen molar-refractivity contribution in [3.05, 3.63) is 58.7 Å². The van der Waals surface area contributed by atoms with E-state index in [9.17, 15) is 0 Å². The summed E-state index contributed by atoms with van der Waals surface area (Å²) in [6.07, 6.45) is 8.16. The Balaban J connectivity index is 1.78. The van der Waals surface area contributed by atoms with Gasteiger partial charge in [-0.3, -0.25) is 0 Å². The summed E-state index contributed by atoms with van der Waals surface area (Å²) in [6.45, 7) is 2.25. The van der Waals surface area contributed by atoms with Crippen molar-refractivity contribution >= 4 is 0 Å². The van der Waals surface area contributed by atoms with E-state index in [1.807, 2.05) is 0 Å². The van der Waals surface area contributed by atoms with Crippen LogP contribution < -0.4 is 0 Å². The topological polar surface area (TPSA) is 0 Å². The third-order valence-corrected chi connectivity index (χ3v) is 5.22. The average molecular weight is 262 g/mol. The quantitative estimate of drug-likeness (QED) is 0.534. The normalized spacial score (nSPS) is 17.9. The first-order valence-electron chi connectivity index (χ1n) is 8.04. The van der Waals surface area contributed by atoms with Crippen LogP contribution in [0.3, 0.4) is 0 Å². The van der Waals surface area contributed by atoms with Gasteiger partial charge >= 0.3 is 0 Å². The molecule has 0 nitrogen and oxygen atoms in total. The van der Waals surface area contributed by atoms with Gasteiger partial charge in [-0.1, -0.05) is 55.7 Å². The smallest absolute Gasteiger partial charge is 0.00133 e. The molecule has 4 rings (SSSR count). The minimum absolute atomic E-state index is 0.808. The van der Waals surface area contributed by atoms with E-state index in [-0.39, 0.29) is 0 Å². The van der Waals surface area contributed by atoms with Crippen molar-refractivity contribution < 1.29 is 0 Å². The standard InChI is InChI=1S/C20H22/c1-14-6-5-9-18-12-17-11-10-16(13-19(17)20(14)18)15-7-3-2-4-8-15/h5-6,9-11,13,15H,2-4,7-8,12H2,1H3. The van der Waals surface area contributed by atoms with Gasteiger partial charge in [-0.15, -0.1) is 0 Å². The van der Waals surface area contributed by atoms with Gasteiger partial charge in [0.05, 0.1) is 0 Å². The molecule has 0 heterocycles. The Morgan fingerprint density at radius 3 is 2.60 bits per heavy atom. The van der Waals surface area contributed by atoms with Gasteiger partial charge in [0, 0.05) is 0 Å². The molecule has 0 amide bonds. The van der Waals surface area contributed by atoms with Gasteiger partial charge < -0.3 is 0 Å². The van der Waals surface area contributed by atoms with E-state index in [4.69, 9.17) is 0 Å². The Morgan fingerprint density at radius 1 is 0.900 bits per heavy atom. The second kappa shape index (κ2) is 4.77. The van der Waals surface area contributed by atoms with Crippen molar-refractivity contribution in [2.24, 2.45) is 0 Å². The van der Waals surface area contributed by atoms with E-state index in [1.54, 1.807) is 5.56 Å². The highest BCUT2D eigenvalue weighted by molar-refractivity contribution is 5.79. The average Bonchev–Trinajstić information content (AvgIpc) is 2.87. The molecule has 0 unspecified atom stereocenters. The molecular formula is C20H22. The molecule has 102 valence electrons. The van der Waals surface area contributed by atoms with Crippen molar-refractivity contribution in [1.82, 2.24) is 0 Å². The SMILES string of the molecule is Cc1cccc2c1-c1cc(C3CCCCC3)ccc1C2. The molecule has 2 aromatic carbocycles. The molecule has 1 saturated carbocycles. The Labute approximate surface area is 121 Å². The second-order valence-corrected chi connectivity index (χ2v) is 6.54. The zero-order chi connectivity index (χ0) is 13.5. The molecule has 0 aliphatic heterocycles. The van der Waals surface area contributed by atoms with E-state index >= 15 is 0 Å². The van der Waals surface area contributed by atoms with Crippen LogP contribution in [0, 0.1) is 6.92 Å². The molecule has 0 aromatic heterocycles. The number of benzene rings is 2. The Hall–Kier alpha value is -1.56. The fourth-order valence-corrected chi connectivity index (χ4v) is 4.14. The summed E-state index contributed by atoms with van der Waals surface area (Å²) in [5.41, 5.74) is 9.08. The summed E-state index contributed by atoms with van der Waals surface area (Å²) < 4.78 is 0. The van der Waals surface area contributed by atoms with E-state index < -0.39 is 0 Å². The van der Waals surface area contributed by atoms with Gasteiger partial charge in [0.1, 0.15) is 0 Å². The molecule has 2 aromatic rings. The third kappa shape index (κ3) is 1.90. The zero-order valence-electron chi connectivity index (χ0n) is 12.3. The maximum Gasteiger partial charge on any atom is -0.00133 e. The van der Waals surface area contributed by atoms with Gasteiger partial charge in [-0.2, -0.15) is 0 Å². The van der Waals surface area contributed by atoms with Crippen LogP contribution in [-0.2, 0) is 6.42 Å². The minimum atomic E-state index is 0.808. The van der Waals surface area contributed by atoms with Crippen LogP contribution in [0.5, 0.6) is 0 Å². The summed E-state index contributed by atoms with van der Waals surface area (Å²) in [4.78, 5) is 0. The van der Waals surface area contributed by atoms with Crippen LogP contribution in [0.15, 0.2) is 36.4 Å². The minimum Gasteiger partial charge on any atom is -0.0617 e. The lowest BCUT2D eigenvalue weighted by Crippen LogP contribution is -2.04. The molecule has 0 spiro atoms. The summed E-state index contributed by atoms with van der Waals surface area (Å²) in [5.74, 6) is 0.808. The highest BCUT2D eigenvalue weighted by Crippen LogP contribution is 2.41. The van der Waals surface area contributed by atoms with Crippen LogP contribution in [0.25, 0.3) is 11.1 Å². The summed E-state index contributed by atoms with van der Waals surface area (Å²) in [7, 11) is 0. The number of hydrogen-bond donors (Lipinski definition) is 0. The van der Waals surface area contributed by atoms with Crippen LogP contribution in [0.1, 0.15) is 60.3 Å². The first-order valence-corrected chi connectivity index (χ1v) is 8.04. The highest BCUT2D eigenvalue weighted by Gasteiger charge is 2.22. The molecule has 2 aliphatic rings. The predicted molar refractivity (Wildman–Crippen MR) is 85.2 cm³/mol. The molecule has 0 radical (unpaired) electrons. The molecule has 0 N–H and O–H groups in total. The monoisotopic (exact) mass is 262 g/mol. The molecule has 2 aliphatic carbocycles. The fourth-order valence-electron chi connectivity index (χ4n) is 4.14.